The van der Waals surface area contributed by atoms with Crippen molar-refractivity contribution in [1.29, 1.82) is 0 Å². The summed E-state index contributed by atoms with van der Waals surface area (Å²) in [6, 6.07) is 13.6. The molecular weight excluding hydrogens is 340 g/mol. The number of carbonyl (C=O) groups is 3. The third-order valence-electron chi connectivity index (χ3n) is 4.58. The van der Waals surface area contributed by atoms with Gasteiger partial charge in [0.2, 0.25) is 0 Å². The summed E-state index contributed by atoms with van der Waals surface area (Å²) in [6.45, 7) is 0. The molecule has 4 nitrogen and oxygen atoms in total. The van der Waals surface area contributed by atoms with Gasteiger partial charge in [-0.2, -0.15) is 0 Å². The Morgan fingerprint density at radius 3 is 1.70 bits per heavy atom. The summed E-state index contributed by atoms with van der Waals surface area (Å²) >= 11 is 0. The molecule has 0 unspecified atom stereocenters. The predicted octanol–water partition coefficient (Wildman–Crippen LogP) is 4.27. The van der Waals surface area contributed by atoms with Crippen LogP contribution in [0.1, 0.15) is 36.6 Å². The van der Waals surface area contributed by atoms with E-state index < -0.39 is 0 Å². The van der Waals surface area contributed by atoms with Gasteiger partial charge in [-0.15, -0.1) is 0 Å². The molecule has 0 amide bonds. The molecule has 0 aliphatic heterocycles. The van der Waals surface area contributed by atoms with Crippen LogP contribution in [0.3, 0.4) is 0 Å². The summed E-state index contributed by atoms with van der Waals surface area (Å²) in [5.41, 5.74) is 2.17. The zero-order valence-corrected chi connectivity index (χ0v) is 14.2. The molecule has 0 spiro atoms. The smallest absolute Gasteiger partial charge is 0.197 e. The van der Waals surface area contributed by atoms with Crippen LogP contribution in [0.15, 0.2) is 90.1 Å². The number of hydrogen-bond donors (Lipinski definition) is 1. The fourth-order valence-corrected chi connectivity index (χ4v) is 3.23. The third kappa shape index (κ3) is 2.68. The second kappa shape index (κ2) is 6.50. The molecule has 4 heteroatoms. The molecule has 0 atom stereocenters. The zero-order valence-electron chi connectivity index (χ0n) is 14.2. The Balaban J connectivity index is 1.52. The highest BCUT2D eigenvalue weighted by Crippen LogP contribution is 2.31. The van der Waals surface area contributed by atoms with E-state index in [4.69, 9.17) is 0 Å². The number of benzene rings is 2. The second-order valence-electron chi connectivity index (χ2n) is 6.17. The molecule has 0 radical (unpaired) electrons. The van der Waals surface area contributed by atoms with Gasteiger partial charge in [-0.05, 0) is 12.2 Å². The molecular formula is C23H14O4. The van der Waals surface area contributed by atoms with Gasteiger partial charge in [-0.1, -0.05) is 66.8 Å². The number of ketones is 3. The average molecular weight is 354 g/mol. The van der Waals surface area contributed by atoms with Crippen LogP contribution in [-0.4, -0.2) is 22.5 Å². The maximum atomic E-state index is 12.3. The maximum Gasteiger partial charge on any atom is 0.197 e. The van der Waals surface area contributed by atoms with Gasteiger partial charge >= 0.3 is 0 Å². The van der Waals surface area contributed by atoms with Crippen molar-refractivity contribution in [2.45, 2.75) is 0 Å². The molecule has 0 saturated heterocycles. The van der Waals surface area contributed by atoms with Gasteiger partial charge in [-0.3, -0.25) is 14.4 Å². The molecule has 27 heavy (non-hydrogen) atoms. The van der Waals surface area contributed by atoms with E-state index in [0.29, 0.717) is 22.3 Å². The lowest BCUT2D eigenvalue weighted by Gasteiger charge is -1.95. The van der Waals surface area contributed by atoms with Crippen LogP contribution in [0.2, 0.25) is 0 Å². The van der Waals surface area contributed by atoms with Gasteiger partial charge in [0.15, 0.2) is 17.3 Å². The molecule has 0 fully saturated rings. The van der Waals surface area contributed by atoms with Crippen LogP contribution in [0, 0.1) is 0 Å². The molecule has 0 heterocycles. The second-order valence-corrected chi connectivity index (χ2v) is 6.17. The standard InChI is InChI=1S/C23H14O4/c24-20-14-8-4-5-9-15(14)21(25)18(20)12-2-1-3-13-19-22(26)16-10-6-7-11-17(16)23(19)27/h1-13,24H. The molecule has 0 aromatic heterocycles. The predicted molar refractivity (Wildman–Crippen MR) is 102 cm³/mol. The van der Waals surface area contributed by atoms with E-state index in [1.807, 2.05) is 0 Å². The lowest BCUT2D eigenvalue weighted by molar-refractivity contribution is 0.0986. The van der Waals surface area contributed by atoms with Crippen molar-refractivity contribution in [3.8, 4) is 0 Å². The number of hydrogen-bond acceptors (Lipinski definition) is 4. The first-order chi connectivity index (χ1) is 13.1. The number of fused-ring (bicyclic) bond motifs is 2. The van der Waals surface area contributed by atoms with Crippen LogP contribution < -0.4 is 0 Å². The lowest BCUT2D eigenvalue weighted by Crippen LogP contribution is -1.99. The van der Waals surface area contributed by atoms with Gasteiger partial charge in [-0.25, -0.2) is 0 Å². The first kappa shape index (κ1) is 16.7. The van der Waals surface area contributed by atoms with Crippen molar-refractivity contribution in [2.75, 3.05) is 0 Å². The summed E-state index contributed by atoms with van der Waals surface area (Å²) in [5, 5.41) is 10.2. The van der Waals surface area contributed by atoms with Crippen molar-refractivity contribution in [3.63, 3.8) is 0 Å². The normalized spacial score (nSPS) is 16.0. The average Bonchev–Trinajstić information content (AvgIpc) is 3.08. The fraction of sp³-hybridized carbons (Fsp3) is 0. The van der Waals surface area contributed by atoms with E-state index in [1.165, 1.54) is 12.2 Å². The molecule has 4 rings (SSSR count). The molecule has 130 valence electrons. The summed E-state index contributed by atoms with van der Waals surface area (Å²) < 4.78 is 0. The molecule has 2 aromatic carbocycles. The van der Waals surface area contributed by atoms with E-state index >= 15 is 0 Å². The maximum absolute atomic E-state index is 12.3. The van der Waals surface area contributed by atoms with Gasteiger partial charge in [0, 0.05) is 22.3 Å². The SMILES string of the molecule is O=C1C(=CC=CC=CC2=C(O)c3ccccc3C2=O)C(=O)c2ccccc21. The lowest BCUT2D eigenvalue weighted by atomic mass is 10.1. The summed E-state index contributed by atoms with van der Waals surface area (Å²) in [5.74, 6) is -0.852. The van der Waals surface area contributed by atoms with E-state index in [1.54, 1.807) is 66.8 Å². The number of aliphatic hydroxyl groups is 1. The first-order valence-corrected chi connectivity index (χ1v) is 8.40. The van der Waals surface area contributed by atoms with Crippen LogP contribution in [0.5, 0.6) is 0 Å². The largest absolute Gasteiger partial charge is 0.507 e. The Kier molecular flexibility index (Phi) is 4.01. The monoisotopic (exact) mass is 354 g/mol. The Labute approximate surface area is 155 Å². The topological polar surface area (TPSA) is 71.4 Å². The van der Waals surface area contributed by atoms with Crippen molar-refractivity contribution >= 4 is 23.1 Å². The van der Waals surface area contributed by atoms with Crippen LogP contribution >= 0.6 is 0 Å². The summed E-state index contributed by atoms with van der Waals surface area (Å²) in [6.07, 6.45) is 7.74. The number of Topliss-reactive ketones (excluding diaryl/α,β-unsaturated/α-hetero) is 3. The molecule has 0 bridgehead atoms. The molecule has 0 saturated carbocycles. The number of carbonyl (C=O) groups excluding carboxylic acids is 3. The Bertz CT molecular complexity index is 1090. The zero-order chi connectivity index (χ0) is 19.0. The van der Waals surface area contributed by atoms with Gasteiger partial charge in [0.25, 0.3) is 0 Å². The third-order valence-corrected chi connectivity index (χ3v) is 4.58. The first-order valence-electron chi connectivity index (χ1n) is 8.40. The van der Waals surface area contributed by atoms with E-state index in [9.17, 15) is 19.5 Å². The molecule has 1 N–H and O–H groups in total. The van der Waals surface area contributed by atoms with Crippen molar-refractivity contribution in [1.82, 2.24) is 0 Å². The summed E-state index contributed by atoms with van der Waals surface area (Å²) in [7, 11) is 0. The van der Waals surface area contributed by atoms with Gasteiger partial charge in [0.1, 0.15) is 5.76 Å². The number of allylic oxidation sites excluding steroid dienone is 7. The number of aliphatic hydroxyl groups excluding tert-OH is 1. The highest BCUT2D eigenvalue weighted by molar-refractivity contribution is 6.39. The van der Waals surface area contributed by atoms with Crippen LogP contribution in [0.25, 0.3) is 5.76 Å². The minimum atomic E-state index is -0.286. The minimum Gasteiger partial charge on any atom is -0.507 e. The Hall–Kier alpha value is -3.79. The molecule has 2 aliphatic carbocycles. The van der Waals surface area contributed by atoms with Crippen molar-refractivity contribution in [3.05, 3.63) is 112 Å². The van der Waals surface area contributed by atoms with Crippen LogP contribution in [-0.2, 0) is 0 Å². The Morgan fingerprint density at radius 2 is 1.15 bits per heavy atom. The van der Waals surface area contributed by atoms with E-state index in [2.05, 4.69) is 0 Å². The van der Waals surface area contributed by atoms with Gasteiger partial charge < -0.3 is 5.11 Å². The highest BCUT2D eigenvalue weighted by atomic mass is 16.3. The van der Waals surface area contributed by atoms with Crippen molar-refractivity contribution in [2.24, 2.45) is 0 Å². The summed E-state index contributed by atoms with van der Waals surface area (Å²) in [4.78, 5) is 36.8. The molecule has 2 aliphatic rings. The minimum absolute atomic E-state index is 0.0461. The van der Waals surface area contributed by atoms with Gasteiger partial charge in [0.05, 0.1) is 11.1 Å². The highest BCUT2D eigenvalue weighted by Gasteiger charge is 2.32. The Morgan fingerprint density at radius 1 is 0.630 bits per heavy atom. The van der Waals surface area contributed by atoms with E-state index in [-0.39, 0.29) is 34.3 Å². The molecule has 2 aromatic rings. The number of rotatable bonds is 3. The van der Waals surface area contributed by atoms with Crippen molar-refractivity contribution < 1.29 is 19.5 Å². The fourth-order valence-electron chi connectivity index (χ4n) is 3.23. The van der Waals surface area contributed by atoms with E-state index in [0.717, 1.165) is 0 Å². The quantitative estimate of drug-likeness (QED) is 0.508. The van der Waals surface area contributed by atoms with Crippen LogP contribution in [0.4, 0.5) is 0 Å².